The first-order chi connectivity index (χ1) is 10.3. The summed E-state index contributed by atoms with van der Waals surface area (Å²) >= 11 is 0. The van der Waals surface area contributed by atoms with Crippen LogP contribution in [0.5, 0.6) is 0 Å². The highest BCUT2D eigenvalue weighted by Crippen LogP contribution is 2.38. The third-order valence-corrected chi connectivity index (χ3v) is 5.08. The molecule has 0 saturated heterocycles. The van der Waals surface area contributed by atoms with Gasteiger partial charge in [0.15, 0.2) is 0 Å². The van der Waals surface area contributed by atoms with Crippen molar-refractivity contribution in [3.8, 4) is 0 Å². The lowest BCUT2D eigenvalue weighted by atomic mass is 9.79. The molecule has 2 saturated carbocycles. The molecule has 0 bridgehead atoms. The van der Waals surface area contributed by atoms with E-state index in [9.17, 15) is 5.11 Å². The zero-order chi connectivity index (χ0) is 14.3. The fourth-order valence-corrected chi connectivity index (χ4v) is 3.82. The predicted molar refractivity (Wildman–Crippen MR) is 83.2 cm³/mol. The van der Waals surface area contributed by atoms with Gasteiger partial charge in [0.1, 0.15) is 0 Å². The highest BCUT2D eigenvalue weighted by atomic mass is 16.3. The number of benzene rings is 1. The first-order valence-electron chi connectivity index (χ1n) is 8.10. The number of aromatic nitrogens is 2. The van der Waals surface area contributed by atoms with E-state index in [-0.39, 0.29) is 12.1 Å². The van der Waals surface area contributed by atoms with Gasteiger partial charge in [0, 0.05) is 17.6 Å². The van der Waals surface area contributed by atoms with Crippen LogP contribution in [0.2, 0.25) is 0 Å². The first-order valence-corrected chi connectivity index (χ1v) is 8.10. The van der Waals surface area contributed by atoms with Crippen molar-refractivity contribution in [2.24, 2.45) is 0 Å². The molecule has 4 heteroatoms. The van der Waals surface area contributed by atoms with E-state index in [1.165, 1.54) is 24.8 Å². The zero-order valence-electron chi connectivity index (χ0n) is 12.3. The van der Waals surface area contributed by atoms with Crippen molar-refractivity contribution in [1.29, 1.82) is 0 Å². The summed E-state index contributed by atoms with van der Waals surface area (Å²) in [4.78, 5) is 4.52. The number of hydrogen-bond acceptors (Lipinski definition) is 3. The smallest absolute Gasteiger partial charge is 0.0960 e. The Balaban J connectivity index is 1.62. The van der Waals surface area contributed by atoms with Crippen LogP contribution in [0.25, 0.3) is 11.0 Å². The Kier molecular flexibility index (Phi) is 3.23. The molecule has 2 aliphatic carbocycles. The minimum Gasteiger partial charge on any atom is -0.394 e. The Morgan fingerprint density at radius 2 is 2.14 bits per heavy atom. The van der Waals surface area contributed by atoms with Gasteiger partial charge < -0.3 is 15.0 Å². The molecule has 1 aromatic carbocycles. The highest BCUT2D eigenvalue weighted by molar-refractivity contribution is 5.75. The lowest BCUT2D eigenvalue weighted by Crippen LogP contribution is -2.52. The van der Waals surface area contributed by atoms with Crippen molar-refractivity contribution in [1.82, 2.24) is 14.9 Å². The maximum absolute atomic E-state index is 9.96. The fraction of sp³-hybridized carbons (Fsp3) is 0.588. The molecule has 2 unspecified atom stereocenters. The van der Waals surface area contributed by atoms with Crippen molar-refractivity contribution in [2.75, 3.05) is 6.61 Å². The summed E-state index contributed by atoms with van der Waals surface area (Å²) in [5.74, 6) is 0. The molecule has 21 heavy (non-hydrogen) atoms. The van der Waals surface area contributed by atoms with E-state index in [4.69, 9.17) is 0 Å². The summed E-state index contributed by atoms with van der Waals surface area (Å²) < 4.78 is 2.31. The number of para-hydroxylation sites is 2. The van der Waals surface area contributed by atoms with E-state index in [0.29, 0.717) is 12.1 Å². The largest absolute Gasteiger partial charge is 0.394 e. The Hall–Kier alpha value is -1.39. The third kappa shape index (κ3) is 2.47. The average molecular weight is 285 g/mol. The number of hydrogen-bond donors (Lipinski definition) is 2. The topological polar surface area (TPSA) is 50.1 Å². The van der Waals surface area contributed by atoms with Crippen LogP contribution in [-0.2, 0) is 0 Å². The lowest BCUT2D eigenvalue weighted by molar-refractivity contribution is 0.0969. The summed E-state index contributed by atoms with van der Waals surface area (Å²) in [6.45, 7) is 0.243. The number of aliphatic hydroxyl groups excluding tert-OH is 1. The van der Waals surface area contributed by atoms with Gasteiger partial charge in [0.05, 0.1) is 24.0 Å². The van der Waals surface area contributed by atoms with Crippen molar-refractivity contribution < 1.29 is 5.11 Å². The van der Waals surface area contributed by atoms with Gasteiger partial charge in [0.2, 0.25) is 0 Å². The van der Waals surface area contributed by atoms with Crippen LogP contribution in [-0.4, -0.2) is 32.8 Å². The fourth-order valence-electron chi connectivity index (χ4n) is 3.82. The van der Waals surface area contributed by atoms with Crippen LogP contribution in [0, 0.1) is 0 Å². The molecule has 1 heterocycles. The second kappa shape index (κ2) is 5.11. The average Bonchev–Trinajstić information content (AvgIpc) is 3.23. The Morgan fingerprint density at radius 1 is 1.29 bits per heavy atom. The molecular weight excluding hydrogens is 262 g/mol. The van der Waals surface area contributed by atoms with Crippen LogP contribution >= 0.6 is 0 Å². The van der Waals surface area contributed by atoms with Crippen LogP contribution in [0.3, 0.4) is 0 Å². The summed E-state index contributed by atoms with van der Waals surface area (Å²) in [5, 5.41) is 13.7. The summed E-state index contributed by atoms with van der Waals surface area (Å²) in [7, 11) is 0. The molecule has 2 aromatic rings. The van der Waals surface area contributed by atoms with E-state index >= 15 is 0 Å². The van der Waals surface area contributed by atoms with E-state index in [1.807, 2.05) is 12.4 Å². The molecule has 112 valence electrons. The van der Waals surface area contributed by atoms with Gasteiger partial charge >= 0.3 is 0 Å². The number of aliphatic hydroxyl groups is 1. The van der Waals surface area contributed by atoms with Gasteiger partial charge in [-0.15, -0.1) is 0 Å². The molecule has 4 rings (SSSR count). The zero-order valence-corrected chi connectivity index (χ0v) is 12.3. The van der Waals surface area contributed by atoms with Crippen molar-refractivity contribution >= 4 is 11.0 Å². The van der Waals surface area contributed by atoms with Gasteiger partial charge in [0.25, 0.3) is 0 Å². The molecule has 2 fully saturated rings. The van der Waals surface area contributed by atoms with Gasteiger partial charge in [-0.1, -0.05) is 12.1 Å². The number of nitrogens with one attached hydrogen (secondary N) is 1. The van der Waals surface area contributed by atoms with E-state index < -0.39 is 0 Å². The Morgan fingerprint density at radius 3 is 2.95 bits per heavy atom. The molecule has 2 N–H and O–H groups in total. The first kappa shape index (κ1) is 13.3. The maximum Gasteiger partial charge on any atom is 0.0960 e. The van der Waals surface area contributed by atoms with Gasteiger partial charge in [-0.2, -0.15) is 0 Å². The van der Waals surface area contributed by atoms with Gasteiger partial charge in [-0.3, -0.25) is 0 Å². The van der Waals surface area contributed by atoms with Gasteiger partial charge in [-0.25, -0.2) is 4.98 Å². The highest BCUT2D eigenvalue weighted by Gasteiger charge is 2.40. The monoisotopic (exact) mass is 285 g/mol. The molecule has 4 nitrogen and oxygen atoms in total. The quantitative estimate of drug-likeness (QED) is 0.908. The molecule has 2 atom stereocenters. The van der Waals surface area contributed by atoms with Crippen molar-refractivity contribution in [3.63, 3.8) is 0 Å². The molecular formula is C17H23N3O. The van der Waals surface area contributed by atoms with E-state index in [2.05, 4.69) is 33.1 Å². The Bertz CT molecular complexity index is 634. The van der Waals surface area contributed by atoms with Crippen LogP contribution in [0.15, 0.2) is 30.6 Å². The van der Waals surface area contributed by atoms with E-state index in [0.717, 1.165) is 24.8 Å². The van der Waals surface area contributed by atoms with Gasteiger partial charge in [-0.05, 0) is 50.7 Å². The molecule has 0 amide bonds. The molecule has 0 spiro atoms. The minimum absolute atomic E-state index is 0.0878. The predicted octanol–water partition coefficient (Wildman–Crippen LogP) is 2.63. The van der Waals surface area contributed by atoms with Crippen molar-refractivity contribution in [3.05, 3.63) is 30.6 Å². The Labute approximate surface area is 125 Å². The molecule has 1 aromatic heterocycles. The lowest BCUT2D eigenvalue weighted by Gasteiger charge is -2.41. The second-order valence-electron chi connectivity index (χ2n) is 6.75. The number of rotatable bonds is 4. The standard InChI is InChI=1S/C17H23N3O/c21-11-17(19-13-7-8-13)9-3-4-14(10-17)20-12-18-15-5-1-2-6-16(15)20/h1-2,5-6,12-14,19,21H,3-4,7-11H2. The van der Waals surface area contributed by atoms with Crippen LogP contribution in [0.1, 0.15) is 44.6 Å². The minimum atomic E-state index is -0.0878. The van der Waals surface area contributed by atoms with Crippen LogP contribution < -0.4 is 5.32 Å². The van der Waals surface area contributed by atoms with Crippen LogP contribution in [0.4, 0.5) is 0 Å². The SMILES string of the molecule is OCC1(NC2CC2)CCCC(n2cnc3ccccc32)C1. The summed E-state index contributed by atoms with van der Waals surface area (Å²) in [5.41, 5.74) is 2.19. The second-order valence-corrected chi connectivity index (χ2v) is 6.75. The summed E-state index contributed by atoms with van der Waals surface area (Å²) in [6.07, 6.45) is 8.93. The molecule has 2 aliphatic rings. The maximum atomic E-state index is 9.96. The summed E-state index contributed by atoms with van der Waals surface area (Å²) in [6, 6.07) is 9.39. The normalized spacial score (nSPS) is 29.9. The molecule has 0 aliphatic heterocycles. The van der Waals surface area contributed by atoms with E-state index in [1.54, 1.807) is 0 Å². The number of imidazole rings is 1. The number of fused-ring (bicyclic) bond motifs is 1. The third-order valence-electron chi connectivity index (χ3n) is 5.08. The molecule has 0 radical (unpaired) electrons. The number of nitrogens with zero attached hydrogens (tertiary/aromatic N) is 2. The van der Waals surface area contributed by atoms with Crippen molar-refractivity contribution in [2.45, 2.75) is 56.1 Å².